The Bertz CT molecular complexity index is 1000. The molecule has 2 heterocycles. The van der Waals surface area contributed by atoms with Gasteiger partial charge in [-0.15, -0.1) is 11.3 Å². The van der Waals surface area contributed by atoms with Crippen molar-refractivity contribution < 1.29 is 9.53 Å². The van der Waals surface area contributed by atoms with Crippen LogP contribution >= 0.6 is 27.3 Å². The van der Waals surface area contributed by atoms with E-state index >= 15 is 0 Å². The highest BCUT2D eigenvalue weighted by molar-refractivity contribution is 9.10. The van der Waals surface area contributed by atoms with Gasteiger partial charge in [0.2, 0.25) is 5.91 Å². The van der Waals surface area contributed by atoms with Crippen molar-refractivity contribution >= 4 is 33.2 Å². The number of carbonyl (C=O) groups excluding carboxylic acids is 1. The number of carbonyl (C=O) groups is 1. The molecule has 152 valence electrons. The van der Waals surface area contributed by atoms with Crippen LogP contribution in [0.4, 0.5) is 0 Å². The van der Waals surface area contributed by atoms with Gasteiger partial charge in [0, 0.05) is 40.6 Å². The van der Waals surface area contributed by atoms with Gasteiger partial charge < -0.3 is 14.2 Å². The first-order valence-corrected chi connectivity index (χ1v) is 10.9. The number of halogens is 1. The van der Waals surface area contributed by atoms with Gasteiger partial charge in [-0.2, -0.15) is 0 Å². The van der Waals surface area contributed by atoms with E-state index < -0.39 is 0 Å². The van der Waals surface area contributed by atoms with E-state index in [2.05, 4.69) is 22.0 Å². The summed E-state index contributed by atoms with van der Waals surface area (Å²) in [5, 5.41) is 2.04. The number of aromatic nitrogens is 1. The monoisotopic (exact) mass is 474 g/mol. The highest BCUT2D eigenvalue weighted by atomic mass is 79.9. The number of hydrogen-bond acceptors (Lipinski definition) is 4. The zero-order chi connectivity index (χ0) is 20.8. The minimum atomic E-state index is -0.197. The number of thiophene rings is 1. The Morgan fingerprint density at radius 2 is 1.97 bits per heavy atom. The van der Waals surface area contributed by atoms with Crippen LogP contribution in [0.3, 0.4) is 0 Å². The molecule has 7 heteroatoms. The topological polar surface area (TPSA) is 51.5 Å². The van der Waals surface area contributed by atoms with Crippen LogP contribution in [-0.4, -0.2) is 28.5 Å². The molecule has 0 unspecified atom stereocenters. The third-order valence-corrected chi connectivity index (χ3v) is 6.06. The lowest BCUT2D eigenvalue weighted by Gasteiger charge is -2.30. The van der Waals surface area contributed by atoms with Crippen molar-refractivity contribution in [1.82, 2.24) is 9.47 Å². The van der Waals surface area contributed by atoms with Crippen LogP contribution in [0.25, 0.3) is 0 Å². The third kappa shape index (κ3) is 5.81. The van der Waals surface area contributed by atoms with Crippen LogP contribution in [-0.2, 0) is 24.3 Å². The summed E-state index contributed by atoms with van der Waals surface area (Å²) in [6, 6.07) is 14.9. The van der Waals surface area contributed by atoms with E-state index in [4.69, 9.17) is 4.74 Å². The summed E-state index contributed by atoms with van der Waals surface area (Å²) >= 11 is 5.05. The van der Waals surface area contributed by atoms with Gasteiger partial charge in [-0.1, -0.05) is 18.2 Å². The maximum absolute atomic E-state index is 13.2. The van der Waals surface area contributed by atoms with Gasteiger partial charge in [0.1, 0.15) is 12.3 Å². The molecule has 0 aliphatic heterocycles. The van der Waals surface area contributed by atoms with Crippen LogP contribution in [0, 0.1) is 0 Å². The van der Waals surface area contributed by atoms with Crippen LogP contribution in [0.2, 0.25) is 0 Å². The molecular formula is C22H23BrN2O3S. The molecule has 3 aromatic rings. The standard InChI is InChI=1S/C22H23BrN2O3S/c1-16(12-20-4-3-11-29-20)25(13-17-5-8-19(28-2)9-6-17)22(27)15-24-14-18(23)7-10-21(24)26/h3-11,14,16H,12-13,15H2,1-2H3/t16-/m0/s1. The molecule has 5 nitrogen and oxygen atoms in total. The lowest BCUT2D eigenvalue weighted by atomic mass is 10.1. The summed E-state index contributed by atoms with van der Waals surface area (Å²) in [6.07, 6.45) is 2.42. The average Bonchev–Trinajstić information content (AvgIpc) is 3.22. The van der Waals surface area contributed by atoms with E-state index in [1.807, 2.05) is 47.5 Å². The molecule has 1 atom stereocenters. The Morgan fingerprint density at radius 3 is 2.62 bits per heavy atom. The molecule has 1 amide bonds. The quantitative estimate of drug-likeness (QED) is 0.487. The van der Waals surface area contributed by atoms with E-state index in [0.29, 0.717) is 6.54 Å². The van der Waals surface area contributed by atoms with Gasteiger partial charge in [-0.3, -0.25) is 9.59 Å². The lowest BCUT2D eigenvalue weighted by Crippen LogP contribution is -2.42. The first-order chi connectivity index (χ1) is 14.0. The number of ether oxygens (including phenoxy) is 1. The minimum Gasteiger partial charge on any atom is -0.497 e. The highest BCUT2D eigenvalue weighted by Crippen LogP contribution is 2.19. The van der Waals surface area contributed by atoms with Crippen molar-refractivity contribution in [3.8, 4) is 5.75 Å². The summed E-state index contributed by atoms with van der Waals surface area (Å²) in [5.74, 6) is 0.684. The molecule has 0 aliphatic rings. The smallest absolute Gasteiger partial charge is 0.251 e. The molecule has 0 spiro atoms. The summed E-state index contributed by atoms with van der Waals surface area (Å²) < 4.78 is 7.42. The van der Waals surface area contributed by atoms with Crippen molar-refractivity contribution in [2.75, 3.05) is 7.11 Å². The van der Waals surface area contributed by atoms with Crippen LogP contribution in [0.5, 0.6) is 5.75 Å². The Hall–Kier alpha value is -2.38. The number of pyridine rings is 1. The van der Waals surface area contributed by atoms with Gasteiger partial charge in [-0.25, -0.2) is 0 Å². The number of amides is 1. The molecule has 0 saturated carbocycles. The molecule has 3 rings (SSSR count). The van der Waals surface area contributed by atoms with Crippen LogP contribution in [0.15, 0.2) is 69.4 Å². The second-order valence-corrected chi connectivity index (χ2v) is 8.76. The Kier molecular flexibility index (Phi) is 7.28. The molecule has 0 N–H and O–H groups in total. The van der Waals surface area contributed by atoms with E-state index in [9.17, 15) is 9.59 Å². The van der Waals surface area contributed by atoms with Gasteiger partial charge in [0.15, 0.2) is 0 Å². The number of benzene rings is 1. The number of nitrogens with zero attached hydrogens (tertiary/aromatic N) is 2. The molecule has 0 aliphatic carbocycles. The molecule has 0 fully saturated rings. The predicted octanol–water partition coefficient (Wildman–Crippen LogP) is 4.34. The third-order valence-electron chi connectivity index (χ3n) is 4.69. The average molecular weight is 475 g/mol. The Labute approximate surface area is 182 Å². The number of rotatable bonds is 8. The van der Waals surface area contributed by atoms with E-state index in [1.54, 1.807) is 30.7 Å². The molecule has 29 heavy (non-hydrogen) atoms. The Morgan fingerprint density at radius 1 is 1.21 bits per heavy atom. The lowest BCUT2D eigenvalue weighted by molar-refractivity contribution is -0.134. The minimum absolute atomic E-state index is 0.00318. The van der Waals surface area contributed by atoms with Crippen molar-refractivity contribution in [3.63, 3.8) is 0 Å². The van der Waals surface area contributed by atoms with Crippen LogP contribution < -0.4 is 10.3 Å². The SMILES string of the molecule is COc1ccc(CN(C(=O)Cn2cc(Br)ccc2=O)[C@@H](C)Cc2cccs2)cc1. The largest absolute Gasteiger partial charge is 0.497 e. The van der Waals surface area contributed by atoms with Crippen molar-refractivity contribution in [1.29, 1.82) is 0 Å². The fourth-order valence-electron chi connectivity index (χ4n) is 3.11. The zero-order valence-electron chi connectivity index (χ0n) is 16.4. The summed E-state index contributed by atoms with van der Waals surface area (Å²) in [6.45, 7) is 2.52. The molecule has 2 aromatic heterocycles. The molecule has 0 radical (unpaired) electrons. The predicted molar refractivity (Wildman–Crippen MR) is 119 cm³/mol. The summed E-state index contributed by atoms with van der Waals surface area (Å²) in [7, 11) is 1.63. The second kappa shape index (κ2) is 9.89. The molecular weight excluding hydrogens is 452 g/mol. The highest BCUT2D eigenvalue weighted by Gasteiger charge is 2.22. The number of methoxy groups -OCH3 is 1. The van der Waals surface area contributed by atoms with Crippen molar-refractivity contribution in [2.24, 2.45) is 0 Å². The van der Waals surface area contributed by atoms with Crippen molar-refractivity contribution in [3.05, 3.63) is 85.4 Å². The van der Waals surface area contributed by atoms with Gasteiger partial charge in [0.05, 0.1) is 7.11 Å². The molecule has 1 aromatic carbocycles. The first kappa shape index (κ1) is 21.3. The molecule has 0 bridgehead atoms. The van der Waals surface area contributed by atoms with Gasteiger partial charge in [-0.05, 0) is 58.1 Å². The normalized spacial score (nSPS) is 11.8. The van der Waals surface area contributed by atoms with Gasteiger partial charge in [0.25, 0.3) is 5.56 Å². The summed E-state index contributed by atoms with van der Waals surface area (Å²) in [4.78, 5) is 28.4. The van der Waals surface area contributed by atoms with E-state index in [-0.39, 0.29) is 24.1 Å². The fraction of sp³-hybridized carbons (Fsp3) is 0.273. The fourth-order valence-corrected chi connectivity index (χ4v) is 4.32. The maximum atomic E-state index is 13.2. The van der Waals surface area contributed by atoms with E-state index in [1.165, 1.54) is 15.5 Å². The maximum Gasteiger partial charge on any atom is 0.251 e. The summed E-state index contributed by atoms with van der Waals surface area (Å²) in [5.41, 5.74) is 0.815. The second-order valence-electron chi connectivity index (χ2n) is 6.82. The van der Waals surface area contributed by atoms with Crippen LogP contribution in [0.1, 0.15) is 17.4 Å². The number of hydrogen-bond donors (Lipinski definition) is 0. The van der Waals surface area contributed by atoms with E-state index in [0.717, 1.165) is 22.2 Å². The van der Waals surface area contributed by atoms with Gasteiger partial charge >= 0.3 is 0 Å². The Balaban J connectivity index is 1.82. The first-order valence-electron chi connectivity index (χ1n) is 9.27. The van der Waals surface area contributed by atoms with Crippen molar-refractivity contribution in [2.45, 2.75) is 32.5 Å². The molecule has 0 saturated heterocycles. The zero-order valence-corrected chi connectivity index (χ0v) is 18.8.